The minimum atomic E-state index is -0.427. The first-order valence-electron chi connectivity index (χ1n) is 9.80. The van der Waals surface area contributed by atoms with Gasteiger partial charge in [0.15, 0.2) is 0 Å². The average molecular weight is 442 g/mol. The van der Waals surface area contributed by atoms with E-state index >= 15 is 0 Å². The number of aromatic nitrogens is 1. The molecule has 0 saturated carbocycles. The molecular weight excluding hydrogens is 421 g/mol. The van der Waals surface area contributed by atoms with Crippen molar-refractivity contribution >= 4 is 35.0 Å². The minimum absolute atomic E-state index is 0.114. The smallest absolute Gasteiger partial charge is 0.242 e. The maximum atomic E-state index is 12.4. The second-order valence-corrected chi connectivity index (χ2v) is 8.17. The standard InChI is InChI=1S/C23H21Cl2N3O2/c24-17-6-1-14(2-7-17)20-13-16(22(28-20)15-3-8-18(25)9-4-15)5-10-21(29)27-19-11-12-26-23(19)30/h1-4,6-9,13,19,28H,5,10-12H2,(H,26,30)(H,27,29). The van der Waals surface area contributed by atoms with Crippen LogP contribution in [0, 0.1) is 0 Å². The topological polar surface area (TPSA) is 74.0 Å². The fourth-order valence-corrected chi connectivity index (χ4v) is 3.85. The average Bonchev–Trinajstić information content (AvgIpc) is 3.34. The van der Waals surface area contributed by atoms with E-state index in [2.05, 4.69) is 21.7 Å². The summed E-state index contributed by atoms with van der Waals surface area (Å²) in [5, 5.41) is 6.89. The van der Waals surface area contributed by atoms with Gasteiger partial charge in [-0.2, -0.15) is 0 Å². The maximum Gasteiger partial charge on any atom is 0.242 e. The monoisotopic (exact) mass is 441 g/mol. The first-order valence-corrected chi connectivity index (χ1v) is 10.6. The number of amides is 2. The Labute approximate surface area is 184 Å². The van der Waals surface area contributed by atoms with Crippen molar-refractivity contribution in [1.82, 2.24) is 15.6 Å². The highest BCUT2D eigenvalue weighted by molar-refractivity contribution is 6.30. The number of rotatable bonds is 6. The third-order valence-electron chi connectivity index (χ3n) is 5.19. The van der Waals surface area contributed by atoms with Gasteiger partial charge in [0.05, 0.1) is 0 Å². The molecule has 1 aliphatic rings. The Kier molecular flexibility index (Phi) is 6.11. The molecule has 0 radical (unpaired) electrons. The summed E-state index contributed by atoms with van der Waals surface area (Å²) < 4.78 is 0. The summed E-state index contributed by atoms with van der Waals surface area (Å²) in [6.45, 7) is 0.604. The van der Waals surface area contributed by atoms with Crippen molar-refractivity contribution in [3.05, 3.63) is 70.2 Å². The molecule has 1 unspecified atom stereocenters. The second kappa shape index (κ2) is 8.94. The normalized spacial score (nSPS) is 15.8. The number of aromatic amines is 1. The highest BCUT2D eigenvalue weighted by Crippen LogP contribution is 2.31. The number of halogens is 2. The zero-order valence-corrected chi connectivity index (χ0v) is 17.7. The van der Waals surface area contributed by atoms with Crippen LogP contribution >= 0.6 is 23.2 Å². The number of hydrogen-bond donors (Lipinski definition) is 3. The van der Waals surface area contributed by atoms with E-state index < -0.39 is 6.04 Å². The fourth-order valence-electron chi connectivity index (χ4n) is 3.60. The molecule has 30 heavy (non-hydrogen) atoms. The molecule has 2 heterocycles. The zero-order valence-electron chi connectivity index (χ0n) is 16.2. The van der Waals surface area contributed by atoms with Gasteiger partial charge in [-0.3, -0.25) is 9.59 Å². The van der Waals surface area contributed by atoms with Crippen LogP contribution in [0.3, 0.4) is 0 Å². The van der Waals surface area contributed by atoms with Crippen LogP contribution in [0.25, 0.3) is 22.5 Å². The Balaban J connectivity index is 1.56. The maximum absolute atomic E-state index is 12.4. The summed E-state index contributed by atoms with van der Waals surface area (Å²) in [6.07, 6.45) is 1.47. The molecule has 154 valence electrons. The van der Waals surface area contributed by atoms with E-state index in [0.717, 1.165) is 28.1 Å². The number of hydrogen-bond acceptors (Lipinski definition) is 2. The van der Waals surface area contributed by atoms with E-state index in [-0.39, 0.29) is 11.8 Å². The van der Waals surface area contributed by atoms with Crippen LogP contribution in [0.4, 0.5) is 0 Å². The first-order chi connectivity index (χ1) is 14.5. The fraction of sp³-hybridized carbons (Fsp3) is 0.217. The van der Waals surface area contributed by atoms with Gasteiger partial charge in [-0.25, -0.2) is 0 Å². The lowest BCUT2D eigenvalue weighted by Gasteiger charge is -2.10. The van der Waals surface area contributed by atoms with Crippen molar-refractivity contribution in [2.24, 2.45) is 0 Å². The van der Waals surface area contributed by atoms with E-state index in [0.29, 0.717) is 35.9 Å². The lowest BCUT2D eigenvalue weighted by Crippen LogP contribution is -2.40. The van der Waals surface area contributed by atoms with Crippen molar-refractivity contribution < 1.29 is 9.59 Å². The third kappa shape index (κ3) is 4.69. The van der Waals surface area contributed by atoms with Gasteiger partial charge in [0.2, 0.25) is 11.8 Å². The van der Waals surface area contributed by atoms with Crippen LogP contribution in [-0.2, 0) is 16.0 Å². The largest absolute Gasteiger partial charge is 0.354 e. The van der Waals surface area contributed by atoms with Gasteiger partial charge in [0.25, 0.3) is 0 Å². The number of carbonyl (C=O) groups excluding carboxylic acids is 2. The van der Waals surface area contributed by atoms with Gasteiger partial charge in [0, 0.05) is 34.4 Å². The van der Waals surface area contributed by atoms with E-state index in [1.165, 1.54) is 0 Å². The Morgan fingerprint density at radius 3 is 2.23 bits per heavy atom. The number of carbonyl (C=O) groups is 2. The quantitative estimate of drug-likeness (QED) is 0.522. The van der Waals surface area contributed by atoms with Crippen LogP contribution in [0.5, 0.6) is 0 Å². The predicted molar refractivity (Wildman–Crippen MR) is 120 cm³/mol. The van der Waals surface area contributed by atoms with Gasteiger partial charge in [-0.05, 0) is 59.9 Å². The van der Waals surface area contributed by atoms with Gasteiger partial charge < -0.3 is 15.6 Å². The van der Waals surface area contributed by atoms with Gasteiger partial charge in [-0.1, -0.05) is 47.5 Å². The minimum Gasteiger partial charge on any atom is -0.354 e. The Hall–Kier alpha value is -2.76. The molecule has 2 amide bonds. The van der Waals surface area contributed by atoms with Crippen LogP contribution in [0.2, 0.25) is 10.0 Å². The summed E-state index contributed by atoms with van der Waals surface area (Å²) >= 11 is 12.1. The molecule has 3 aromatic rings. The highest BCUT2D eigenvalue weighted by Gasteiger charge is 2.25. The second-order valence-electron chi connectivity index (χ2n) is 7.30. The number of aryl methyl sites for hydroxylation is 1. The molecular formula is C23H21Cl2N3O2. The van der Waals surface area contributed by atoms with Gasteiger partial charge in [-0.15, -0.1) is 0 Å². The molecule has 7 heteroatoms. The predicted octanol–water partition coefficient (Wildman–Crippen LogP) is 4.59. The van der Waals surface area contributed by atoms with Crippen molar-refractivity contribution in [1.29, 1.82) is 0 Å². The molecule has 4 rings (SSSR count). The number of H-pyrrole nitrogens is 1. The molecule has 5 nitrogen and oxygen atoms in total. The molecule has 2 aromatic carbocycles. The molecule has 1 atom stereocenters. The SMILES string of the molecule is O=C(CCc1cc(-c2ccc(Cl)cc2)[nH]c1-c1ccc(Cl)cc1)NC1CCNC1=O. The van der Waals surface area contributed by atoms with Crippen LogP contribution in [0.1, 0.15) is 18.4 Å². The van der Waals surface area contributed by atoms with E-state index in [1.54, 1.807) is 0 Å². The lowest BCUT2D eigenvalue weighted by atomic mass is 10.0. The summed E-state index contributed by atoms with van der Waals surface area (Å²) in [5.41, 5.74) is 4.91. The molecule has 0 spiro atoms. The number of benzene rings is 2. The Morgan fingerprint density at radius 2 is 1.63 bits per heavy atom. The zero-order chi connectivity index (χ0) is 21.1. The van der Waals surface area contributed by atoms with Crippen molar-refractivity contribution in [2.45, 2.75) is 25.3 Å². The van der Waals surface area contributed by atoms with Crippen molar-refractivity contribution in [3.63, 3.8) is 0 Å². The Bertz CT molecular complexity index is 1060. The van der Waals surface area contributed by atoms with E-state index in [1.807, 2.05) is 48.5 Å². The summed E-state index contributed by atoms with van der Waals surface area (Å²) in [5.74, 6) is -0.245. The molecule has 3 N–H and O–H groups in total. The molecule has 1 aliphatic heterocycles. The van der Waals surface area contributed by atoms with E-state index in [9.17, 15) is 9.59 Å². The molecule has 1 fully saturated rings. The highest BCUT2D eigenvalue weighted by atomic mass is 35.5. The van der Waals surface area contributed by atoms with Gasteiger partial charge >= 0.3 is 0 Å². The van der Waals surface area contributed by atoms with Crippen molar-refractivity contribution in [2.75, 3.05) is 6.54 Å². The molecule has 1 saturated heterocycles. The summed E-state index contributed by atoms with van der Waals surface area (Å²) in [6, 6.07) is 16.8. The third-order valence-corrected chi connectivity index (χ3v) is 5.70. The van der Waals surface area contributed by atoms with Crippen molar-refractivity contribution in [3.8, 4) is 22.5 Å². The Morgan fingerprint density at radius 1 is 1.00 bits per heavy atom. The van der Waals surface area contributed by atoms with Crippen LogP contribution < -0.4 is 10.6 Å². The summed E-state index contributed by atoms with van der Waals surface area (Å²) in [7, 11) is 0. The van der Waals surface area contributed by atoms with E-state index in [4.69, 9.17) is 23.2 Å². The molecule has 0 bridgehead atoms. The molecule has 0 aliphatic carbocycles. The summed E-state index contributed by atoms with van der Waals surface area (Å²) in [4.78, 5) is 27.6. The van der Waals surface area contributed by atoms with Crippen LogP contribution in [-0.4, -0.2) is 29.4 Å². The number of nitrogens with one attached hydrogen (secondary N) is 3. The lowest BCUT2D eigenvalue weighted by molar-refractivity contribution is -0.127. The van der Waals surface area contributed by atoms with Crippen LogP contribution in [0.15, 0.2) is 54.6 Å². The van der Waals surface area contributed by atoms with Gasteiger partial charge in [0.1, 0.15) is 6.04 Å². The first kappa shape index (κ1) is 20.5. The molecule has 1 aromatic heterocycles.